The Balaban J connectivity index is 2.74. The van der Waals surface area contributed by atoms with Crippen LogP contribution in [0.3, 0.4) is 0 Å². The van der Waals surface area contributed by atoms with Crippen LogP contribution >= 0.6 is 0 Å². The Labute approximate surface area is 107 Å². The van der Waals surface area contributed by atoms with Crippen LogP contribution in [0.25, 0.3) is 0 Å². The largest absolute Gasteiger partial charge is 0.497 e. The monoisotopic (exact) mass is 253 g/mol. The van der Waals surface area contributed by atoms with Gasteiger partial charge in [-0.15, -0.1) is 0 Å². The summed E-state index contributed by atoms with van der Waals surface area (Å²) in [6.45, 7) is 1.66. The molecule has 5 heteroatoms. The molecule has 2 N–H and O–H groups in total. The first-order chi connectivity index (χ1) is 8.60. The highest BCUT2D eigenvalue weighted by Crippen LogP contribution is 2.24. The van der Waals surface area contributed by atoms with Crippen LogP contribution in [0.2, 0.25) is 0 Å². The quantitative estimate of drug-likeness (QED) is 0.785. The molecule has 0 radical (unpaired) electrons. The first-order valence-electron chi connectivity index (χ1n) is 5.71. The van der Waals surface area contributed by atoms with Crippen molar-refractivity contribution in [3.63, 3.8) is 0 Å². The third-order valence-corrected chi connectivity index (χ3v) is 2.53. The van der Waals surface area contributed by atoms with Gasteiger partial charge in [0.1, 0.15) is 11.5 Å². The number of hydrogen-bond acceptors (Lipinski definition) is 4. The van der Waals surface area contributed by atoms with Gasteiger partial charge in [0.05, 0.1) is 27.2 Å². The molecule has 1 rings (SSSR count). The van der Waals surface area contributed by atoms with Gasteiger partial charge in [-0.2, -0.15) is 0 Å². The Morgan fingerprint density at radius 3 is 2.67 bits per heavy atom. The SMILES string of the molecule is COc1ccc(CC(=O)N[C@@H](C)CO)c(OC)c1. The predicted octanol–water partition coefficient (Wildman–Crippen LogP) is 0.743. The van der Waals surface area contributed by atoms with Crippen molar-refractivity contribution in [3.05, 3.63) is 23.8 Å². The van der Waals surface area contributed by atoms with E-state index in [1.54, 1.807) is 39.3 Å². The van der Waals surface area contributed by atoms with Crippen LogP contribution in [0.5, 0.6) is 11.5 Å². The van der Waals surface area contributed by atoms with E-state index in [9.17, 15) is 4.79 Å². The number of amides is 1. The predicted molar refractivity (Wildman–Crippen MR) is 67.9 cm³/mol. The van der Waals surface area contributed by atoms with E-state index in [2.05, 4.69) is 5.32 Å². The van der Waals surface area contributed by atoms with Crippen molar-refractivity contribution in [2.75, 3.05) is 20.8 Å². The van der Waals surface area contributed by atoms with Gasteiger partial charge in [0, 0.05) is 17.7 Å². The van der Waals surface area contributed by atoms with E-state index in [1.165, 1.54) is 0 Å². The number of carbonyl (C=O) groups excluding carboxylic acids is 1. The number of nitrogens with one attached hydrogen (secondary N) is 1. The van der Waals surface area contributed by atoms with Crippen LogP contribution < -0.4 is 14.8 Å². The molecule has 0 unspecified atom stereocenters. The lowest BCUT2D eigenvalue weighted by atomic mass is 10.1. The Morgan fingerprint density at radius 2 is 2.11 bits per heavy atom. The molecule has 0 heterocycles. The summed E-state index contributed by atoms with van der Waals surface area (Å²) < 4.78 is 10.3. The second-order valence-electron chi connectivity index (χ2n) is 4.01. The summed E-state index contributed by atoms with van der Waals surface area (Å²) in [6, 6.07) is 5.06. The molecule has 1 aromatic rings. The molecule has 0 spiro atoms. The molecule has 0 aliphatic rings. The standard InChI is InChI=1S/C13H19NO4/c1-9(8-15)14-13(16)6-10-4-5-11(17-2)7-12(10)18-3/h4-5,7,9,15H,6,8H2,1-3H3,(H,14,16)/t9-/m0/s1. The van der Waals surface area contributed by atoms with Gasteiger partial charge in [-0.25, -0.2) is 0 Å². The van der Waals surface area contributed by atoms with Crippen molar-refractivity contribution in [1.29, 1.82) is 0 Å². The van der Waals surface area contributed by atoms with E-state index < -0.39 is 0 Å². The van der Waals surface area contributed by atoms with Crippen LogP contribution in [0, 0.1) is 0 Å². The normalized spacial score (nSPS) is 11.8. The van der Waals surface area contributed by atoms with Crippen molar-refractivity contribution in [3.8, 4) is 11.5 Å². The maximum atomic E-state index is 11.7. The number of ether oxygens (including phenoxy) is 2. The van der Waals surface area contributed by atoms with Crippen molar-refractivity contribution in [2.45, 2.75) is 19.4 Å². The fraction of sp³-hybridized carbons (Fsp3) is 0.462. The number of rotatable bonds is 6. The molecular weight excluding hydrogens is 234 g/mol. The van der Waals surface area contributed by atoms with Crippen LogP contribution in [-0.2, 0) is 11.2 Å². The molecule has 1 aromatic carbocycles. The van der Waals surface area contributed by atoms with Crippen LogP contribution in [0.15, 0.2) is 18.2 Å². The van der Waals surface area contributed by atoms with Gasteiger partial charge in [-0.05, 0) is 13.0 Å². The molecule has 0 saturated heterocycles. The van der Waals surface area contributed by atoms with E-state index in [4.69, 9.17) is 14.6 Å². The molecule has 5 nitrogen and oxygen atoms in total. The van der Waals surface area contributed by atoms with Gasteiger partial charge < -0.3 is 19.9 Å². The number of aliphatic hydroxyl groups excluding tert-OH is 1. The topological polar surface area (TPSA) is 67.8 Å². The van der Waals surface area contributed by atoms with Crippen LogP contribution in [-0.4, -0.2) is 37.9 Å². The highest BCUT2D eigenvalue weighted by atomic mass is 16.5. The minimum absolute atomic E-state index is 0.0779. The molecule has 18 heavy (non-hydrogen) atoms. The van der Waals surface area contributed by atoms with Gasteiger partial charge in [0.25, 0.3) is 0 Å². The summed E-state index contributed by atoms with van der Waals surface area (Å²) in [4.78, 5) is 11.7. The fourth-order valence-corrected chi connectivity index (χ4v) is 1.54. The summed E-state index contributed by atoms with van der Waals surface area (Å²) in [5, 5.41) is 11.5. The minimum atomic E-state index is -0.248. The van der Waals surface area contributed by atoms with Gasteiger partial charge in [0.2, 0.25) is 5.91 Å². The van der Waals surface area contributed by atoms with Crippen molar-refractivity contribution < 1.29 is 19.4 Å². The van der Waals surface area contributed by atoms with E-state index in [0.717, 1.165) is 5.56 Å². The molecule has 0 aliphatic carbocycles. The summed E-state index contributed by atoms with van der Waals surface area (Å²) in [5.41, 5.74) is 0.779. The van der Waals surface area contributed by atoms with E-state index in [1.807, 2.05) is 0 Å². The molecule has 100 valence electrons. The second-order valence-corrected chi connectivity index (χ2v) is 4.01. The molecular formula is C13H19NO4. The summed E-state index contributed by atoms with van der Waals surface area (Å²) in [7, 11) is 3.12. The summed E-state index contributed by atoms with van der Waals surface area (Å²) in [6.07, 6.45) is 0.206. The molecule has 0 aliphatic heterocycles. The molecule has 1 amide bonds. The van der Waals surface area contributed by atoms with Gasteiger partial charge in [0.15, 0.2) is 0 Å². The van der Waals surface area contributed by atoms with Crippen molar-refractivity contribution >= 4 is 5.91 Å². The molecule has 1 atom stereocenters. The lowest BCUT2D eigenvalue weighted by molar-refractivity contribution is -0.121. The van der Waals surface area contributed by atoms with Crippen LogP contribution in [0.4, 0.5) is 0 Å². The summed E-state index contributed by atoms with van der Waals surface area (Å²) >= 11 is 0. The smallest absolute Gasteiger partial charge is 0.224 e. The van der Waals surface area contributed by atoms with E-state index in [0.29, 0.717) is 11.5 Å². The van der Waals surface area contributed by atoms with Crippen molar-refractivity contribution in [2.24, 2.45) is 0 Å². The third kappa shape index (κ3) is 3.92. The van der Waals surface area contributed by atoms with E-state index >= 15 is 0 Å². The minimum Gasteiger partial charge on any atom is -0.497 e. The Kier molecular flexibility index (Phi) is 5.45. The molecule has 0 saturated carbocycles. The lowest BCUT2D eigenvalue weighted by Crippen LogP contribution is -2.36. The highest BCUT2D eigenvalue weighted by Gasteiger charge is 2.11. The molecule has 0 fully saturated rings. The zero-order valence-corrected chi connectivity index (χ0v) is 10.9. The van der Waals surface area contributed by atoms with Gasteiger partial charge >= 0.3 is 0 Å². The number of hydrogen-bond donors (Lipinski definition) is 2. The zero-order valence-electron chi connectivity index (χ0n) is 10.9. The van der Waals surface area contributed by atoms with Gasteiger partial charge in [-0.1, -0.05) is 6.07 Å². The third-order valence-electron chi connectivity index (χ3n) is 2.53. The Morgan fingerprint density at radius 1 is 1.39 bits per heavy atom. The number of benzene rings is 1. The van der Waals surface area contributed by atoms with Gasteiger partial charge in [-0.3, -0.25) is 4.79 Å². The second kappa shape index (κ2) is 6.86. The van der Waals surface area contributed by atoms with Crippen LogP contribution in [0.1, 0.15) is 12.5 Å². The molecule has 0 bridgehead atoms. The maximum Gasteiger partial charge on any atom is 0.224 e. The van der Waals surface area contributed by atoms with Crippen molar-refractivity contribution in [1.82, 2.24) is 5.32 Å². The fourth-order valence-electron chi connectivity index (χ4n) is 1.54. The number of aliphatic hydroxyl groups is 1. The molecule has 0 aromatic heterocycles. The highest BCUT2D eigenvalue weighted by molar-refractivity contribution is 5.79. The Bertz CT molecular complexity index is 406. The lowest BCUT2D eigenvalue weighted by Gasteiger charge is -2.13. The van der Waals surface area contributed by atoms with E-state index in [-0.39, 0.29) is 25.0 Å². The zero-order chi connectivity index (χ0) is 13.5. The Hall–Kier alpha value is -1.75. The number of methoxy groups -OCH3 is 2. The summed E-state index contributed by atoms with van der Waals surface area (Å²) in [5.74, 6) is 1.14. The maximum absolute atomic E-state index is 11.7. The average Bonchev–Trinajstić information content (AvgIpc) is 2.38. The average molecular weight is 253 g/mol. The number of carbonyl (C=O) groups is 1. The first-order valence-corrected chi connectivity index (χ1v) is 5.71. The first kappa shape index (κ1) is 14.3.